The highest BCUT2D eigenvalue weighted by Gasteiger charge is 2.27. The van der Waals surface area contributed by atoms with E-state index in [0.29, 0.717) is 11.4 Å². The Morgan fingerprint density at radius 1 is 1.24 bits per heavy atom. The molecule has 1 aliphatic rings. The van der Waals surface area contributed by atoms with Gasteiger partial charge in [0.2, 0.25) is 0 Å². The highest BCUT2D eigenvalue weighted by molar-refractivity contribution is 7.25. The number of aromatic nitrogens is 3. The van der Waals surface area contributed by atoms with Gasteiger partial charge in [0.1, 0.15) is 16.1 Å². The second-order valence-electron chi connectivity index (χ2n) is 6.33. The summed E-state index contributed by atoms with van der Waals surface area (Å²) >= 11 is 1.55. The van der Waals surface area contributed by atoms with Crippen LogP contribution < -0.4 is 10.2 Å². The Morgan fingerprint density at radius 3 is 2.76 bits per heavy atom. The molecule has 25 heavy (non-hydrogen) atoms. The van der Waals surface area contributed by atoms with Crippen molar-refractivity contribution in [2.75, 3.05) is 7.11 Å². The molecule has 0 aliphatic heterocycles. The van der Waals surface area contributed by atoms with Crippen LogP contribution in [0.15, 0.2) is 36.7 Å². The number of aromatic amines is 1. The first-order chi connectivity index (χ1) is 12.2. The van der Waals surface area contributed by atoms with Gasteiger partial charge in [0.15, 0.2) is 0 Å². The number of hydrogen-bond acceptors (Lipinski definition) is 5. The molecule has 0 radical (unpaired) electrons. The molecule has 1 saturated carbocycles. The Kier molecular flexibility index (Phi) is 3.15. The maximum atomic E-state index is 8.15. The highest BCUT2D eigenvalue weighted by Crippen LogP contribution is 2.44. The fourth-order valence-electron chi connectivity index (χ4n) is 3.21. The number of H-pyrrole nitrogens is 1. The smallest absolute Gasteiger partial charge is 0.143 e. The van der Waals surface area contributed by atoms with Gasteiger partial charge in [-0.05, 0) is 42.2 Å². The molecule has 0 spiro atoms. The van der Waals surface area contributed by atoms with Gasteiger partial charge in [-0.1, -0.05) is 12.1 Å². The van der Waals surface area contributed by atoms with Gasteiger partial charge < -0.3 is 9.72 Å². The molecule has 0 saturated heterocycles. The maximum Gasteiger partial charge on any atom is 0.143 e. The summed E-state index contributed by atoms with van der Waals surface area (Å²) in [4.78, 5) is 13.2. The number of nitrogens with zero attached hydrogens (tertiary/aromatic N) is 2. The van der Waals surface area contributed by atoms with Gasteiger partial charge in [-0.15, -0.1) is 11.3 Å². The van der Waals surface area contributed by atoms with E-state index in [4.69, 9.17) is 15.1 Å². The summed E-state index contributed by atoms with van der Waals surface area (Å²) in [5.41, 5.74) is 4.65. The van der Waals surface area contributed by atoms with Gasteiger partial charge in [0, 0.05) is 17.0 Å². The minimum Gasteiger partial charge on any atom is -0.497 e. The van der Waals surface area contributed by atoms with Crippen molar-refractivity contribution in [1.82, 2.24) is 15.0 Å². The van der Waals surface area contributed by atoms with Crippen molar-refractivity contribution in [2.24, 2.45) is 0 Å². The average Bonchev–Trinajstić information content (AvgIpc) is 3.42. The van der Waals surface area contributed by atoms with Crippen molar-refractivity contribution < 1.29 is 4.74 Å². The molecule has 1 aliphatic carbocycles. The van der Waals surface area contributed by atoms with Crippen LogP contribution in [0.1, 0.15) is 24.5 Å². The molecule has 1 fully saturated rings. The maximum absolute atomic E-state index is 8.15. The number of fused-ring (bicyclic) bond motifs is 3. The molecule has 3 aromatic heterocycles. The third kappa shape index (κ3) is 2.33. The quantitative estimate of drug-likeness (QED) is 0.582. The molecule has 1 aromatic carbocycles. The molecule has 3 heterocycles. The number of thiophene rings is 1. The summed E-state index contributed by atoms with van der Waals surface area (Å²) in [6.07, 6.45) is 4.01. The van der Waals surface area contributed by atoms with E-state index in [1.165, 1.54) is 12.8 Å². The fourth-order valence-corrected chi connectivity index (χ4v) is 4.27. The van der Waals surface area contributed by atoms with Gasteiger partial charge in [-0.25, -0.2) is 9.97 Å². The molecular formula is C19H16N4OS. The van der Waals surface area contributed by atoms with Crippen LogP contribution in [0.2, 0.25) is 0 Å². The Labute approximate surface area is 147 Å². The second-order valence-corrected chi connectivity index (χ2v) is 7.33. The van der Waals surface area contributed by atoms with E-state index in [0.717, 1.165) is 43.0 Å². The molecule has 0 amide bonds. The fraction of sp³-hybridized carbons (Fsp3) is 0.211. The number of methoxy groups -OCH3 is 1. The summed E-state index contributed by atoms with van der Waals surface area (Å²) < 4.78 is 6.14. The number of hydrogen-bond donors (Lipinski definition) is 2. The van der Waals surface area contributed by atoms with E-state index in [-0.39, 0.29) is 0 Å². The zero-order valence-electron chi connectivity index (χ0n) is 13.7. The van der Waals surface area contributed by atoms with E-state index in [9.17, 15) is 0 Å². The third-order valence-electron chi connectivity index (χ3n) is 4.68. The van der Waals surface area contributed by atoms with Crippen LogP contribution in [0.3, 0.4) is 0 Å². The van der Waals surface area contributed by atoms with Gasteiger partial charge in [0.05, 0.1) is 23.7 Å². The van der Waals surface area contributed by atoms with Crippen LogP contribution in [0.5, 0.6) is 5.75 Å². The lowest BCUT2D eigenvalue weighted by atomic mass is 10.0. The number of pyridine rings is 1. The topological polar surface area (TPSA) is 74.7 Å². The second kappa shape index (κ2) is 5.39. The van der Waals surface area contributed by atoms with Crippen LogP contribution in [-0.4, -0.2) is 22.1 Å². The molecule has 2 N–H and O–H groups in total. The Bertz CT molecular complexity index is 1160. The molecule has 0 bridgehead atoms. The molecular weight excluding hydrogens is 332 g/mol. The third-order valence-corrected chi connectivity index (χ3v) is 5.77. The first kappa shape index (κ1) is 14.6. The average molecular weight is 348 g/mol. The standard InChI is InChI=1S/C19H16N4OS/c1-24-12-6-4-10(5-7-12)13-8-14(11-2-3-11)23-19-15(13)16-17(25-19)18(20)22-9-21-16/h4-9,11H,2-3H2,1H3,(H2,20,21,22). The van der Waals surface area contributed by atoms with Crippen molar-refractivity contribution in [1.29, 1.82) is 5.41 Å². The van der Waals surface area contributed by atoms with Crippen molar-refractivity contribution in [2.45, 2.75) is 18.8 Å². The summed E-state index contributed by atoms with van der Waals surface area (Å²) in [6.45, 7) is 0. The number of ether oxygens (including phenoxy) is 1. The SMILES string of the molecule is COc1ccc(-c2cc(C3CC3)nc3sc4c(=N)[nH]cnc4c23)cc1. The van der Waals surface area contributed by atoms with E-state index in [2.05, 4.69) is 28.2 Å². The predicted molar refractivity (Wildman–Crippen MR) is 99.1 cm³/mol. The lowest BCUT2D eigenvalue weighted by Gasteiger charge is -2.08. The van der Waals surface area contributed by atoms with Gasteiger partial charge in [0.25, 0.3) is 0 Å². The lowest BCUT2D eigenvalue weighted by Crippen LogP contribution is -2.03. The molecule has 0 unspecified atom stereocenters. The predicted octanol–water partition coefficient (Wildman–Crippen LogP) is 4.21. The summed E-state index contributed by atoms with van der Waals surface area (Å²) in [5, 5.41) is 9.18. The van der Waals surface area contributed by atoms with Crippen LogP contribution >= 0.6 is 11.3 Å². The molecule has 6 heteroatoms. The Morgan fingerprint density at radius 2 is 2.04 bits per heavy atom. The van der Waals surface area contributed by atoms with Crippen LogP contribution in [0, 0.1) is 5.41 Å². The summed E-state index contributed by atoms with van der Waals surface area (Å²) in [7, 11) is 1.67. The van der Waals surface area contributed by atoms with Crippen LogP contribution in [0.25, 0.3) is 31.6 Å². The summed E-state index contributed by atoms with van der Waals surface area (Å²) in [6, 6.07) is 10.3. The Hall–Kier alpha value is -2.73. The molecule has 5 rings (SSSR count). The van der Waals surface area contributed by atoms with Gasteiger partial charge >= 0.3 is 0 Å². The van der Waals surface area contributed by atoms with E-state index in [1.807, 2.05) is 12.1 Å². The van der Waals surface area contributed by atoms with Crippen LogP contribution in [-0.2, 0) is 0 Å². The largest absolute Gasteiger partial charge is 0.497 e. The zero-order valence-corrected chi connectivity index (χ0v) is 14.5. The van der Waals surface area contributed by atoms with Crippen molar-refractivity contribution >= 4 is 31.8 Å². The van der Waals surface area contributed by atoms with E-state index < -0.39 is 0 Å². The van der Waals surface area contributed by atoms with Crippen molar-refractivity contribution in [3.05, 3.63) is 47.8 Å². The van der Waals surface area contributed by atoms with Crippen molar-refractivity contribution in [3.8, 4) is 16.9 Å². The minimum atomic E-state index is 0.390. The number of rotatable bonds is 3. The Balaban J connectivity index is 1.86. The first-order valence-corrected chi connectivity index (χ1v) is 9.06. The van der Waals surface area contributed by atoms with Crippen molar-refractivity contribution in [3.63, 3.8) is 0 Å². The molecule has 0 atom stereocenters. The van der Waals surface area contributed by atoms with E-state index >= 15 is 0 Å². The van der Waals surface area contributed by atoms with Gasteiger partial charge in [-0.2, -0.15) is 0 Å². The highest BCUT2D eigenvalue weighted by atomic mass is 32.1. The number of nitrogens with one attached hydrogen (secondary N) is 2. The molecule has 5 nitrogen and oxygen atoms in total. The normalized spacial score (nSPS) is 14.3. The van der Waals surface area contributed by atoms with Crippen LogP contribution in [0.4, 0.5) is 0 Å². The molecule has 124 valence electrons. The summed E-state index contributed by atoms with van der Waals surface area (Å²) in [5.74, 6) is 1.41. The van der Waals surface area contributed by atoms with Gasteiger partial charge in [-0.3, -0.25) is 5.41 Å². The minimum absolute atomic E-state index is 0.390. The zero-order chi connectivity index (χ0) is 17.0. The van der Waals surface area contributed by atoms with E-state index in [1.54, 1.807) is 24.8 Å². The number of benzene rings is 1. The first-order valence-electron chi connectivity index (χ1n) is 8.24. The monoisotopic (exact) mass is 348 g/mol. The lowest BCUT2D eigenvalue weighted by molar-refractivity contribution is 0.415. The molecule has 4 aromatic rings.